The molecule has 0 aliphatic carbocycles. The summed E-state index contributed by atoms with van der Waals surface area (Å²) in [6.07, 6.45) is 0.137. The maximum atomic E-state index is 12.5. The molecule has 1 saturated heterocycles. The van der Waals surface area contributed by atoms with Crippen LogP contribution in [0.4, 0.5) is 5.82 Å². The molecule has 0 unspecified atom stereocenters. The van der Waals surface area contributed by atoms with Crippen LogP contribution in [0.3, 0.4) is 0 Å². The molecular weight excluding hydrogens is 364 g/mol. The van der Waals surface area contributed by atoms with E-state index in [0.717, 1.165) is 5.56 Å². The van der Waals surface area contributed by atoms with Gasteiger partial charge in [-0.15, -0.1) is 0 Å². The lowest BCUT2D eigenvalue weighted by molar-refractivity contribution is -0.122. The fourth-order valence-electron chi connectivity index (χ4n) is 3.36. The van der Waals surface area contributed by atoms with Crippen LogP contribution in [-0.4, -0.2) is 60.5 Å². The standard InChI is InChI=1S/C18H20N6O4/c19-16-14-17(21-8-20-16)24(9-22-14)18-13(15(27)11(7-25)28-18)23-12(26)6-10-4-2-1-3-5-10/h1-5,8-9,11,13,15,18,25,27H,6-7H2,(H,23,26)(H2,19,20,21)/t11-,13-,15-,18-/m1/s1. The fourth-order valence-corrected chi connectivity index (χ4v) is 3.36. The van der Waals surface area contributed by atoms with Crippen molar-refractivity contribution in [3.63, 3.8) is 0 Å². The number of nitrogens with two attached hydrogens (primary N) is 1. The molecule has 3 heterocycles. The molecular formula is C18H20N6O4. The van der Waals surface area contributed by atoms with E-state index >= 15 is 0 Å². The Morgan fingerprint density at radius 2 is 2.04 bits per heavy atom. The minimum Gasteiger partial charge on any atom is -0.394 e. The van der Waals surface area contributed by atoms with E-state index in [0.29, 0.717) is 11.2 Å². The molecule has 0 radical (unpaired) electrons. The zero-order valence-electron chi connectivity index (χ0n) is 14.8. The summed E-state index contributed by atoms with van der Waals surface area (Å²) in [4.78, 5) is 24.8. The Hall–Kier alpha value is -3.08. The monoisotopic (exact) mass is 384 g/mol. The Labute approximate surface area is 160 Å². The third-order valence-electron chi connectivity index (χ3n) is 4.75. The highest BCUT2D eigenvalue weighted by atomic mass is 16.5. The molecule has 0 saturated carbocycles. The lowest BCUT2D eigenvalue weighted by Gasteiger charge is -2.23. The van der Waals surface area contributed by atoms with Crippen LogP contribution >= 0.6 is 0 Å². The molecule has 1 amide bonds. The Morgan fingerprint density at radius 3 is 2.79 bits per heavy atom. The number of fused-ring (bicyclic) bond motifs is 1. The average molecular weight is 384 g/mol. The predicted octanol–water partition coefficient (Wildman–Crippen LogP) is -0.613. The molecule has 1 fully saturated rings. The summed E-state index contributed by atoms with van der Waals surface area (Å²) >= 11 is 0. The van der Waals surface area contributed by atoms with Gasteiger partial charge in [-0.3, -0.25) is 9.36 Å². The fraction of sp³-hybridized carbons (Fsp3) is 0.333. The van der Waals surface area contributed by atoms with Crippen LogP contribution in [-0.2, 0) is 16.0 Å². The molecule has 1 aromatic carbocycles. The van der Waals surface area contributed by atoms with Crippen molar-refractivity contribution in [1.29, 1.82) is 0 Å². The summed E-state index contributed by atoms with van der Waals surface area (Å²) in [6.45, 7) is -0.396. The minimum absolute atomic E-state index is 0.153. The van der Waals surface area contributed by atoms with Crippen molar-refractivity contribution in [2.45, 2.75) is 30.9 Å². The largest absolute Gasteiger partial charge is 0.394 e. The van der Waals surface area contributed by atoms with E-state index in [2.05, 4.69) is 20.3 Å². The lowest BCUT2D eigenvalue weighted by atomic mass is 10.1. The normalized spacial score (nSPS) is 24.5. The summed E-state index contributed by atoms with van der Waals surface area (Å²) in [6, 6.07) is 8.46. The molecule has 2 aromatic heterocycles. The van der Waals surface area contributed by atoms with E-state index in [-0.39, 0.29) is 18.1 Å². The molecule has 10 heteroatoms. The van der Waals surface area contributed by atoms with Gasteiger partial charge in [-0.2, -0.15) is 0 Å². The maximum Gasteiger partial charge on any atom is 0.224 e. The first-order valence-electron chi connectivity index (χ1n) is 8.79. The topological polar surface area (TPSA) is 148 Å². The van der Waals surface area contributed by atoms with Gasteiger partial charge in [-0.1, -0.05) is 30.3 Å². The predicted molar refractivity (Wildman–Crippen MR) is 98.8 cm³/mol. The number of aromatic nitrogens is 4. The summed E-state index contributed by atoms with van der Waals surface area (Å²) in [5.74, 6) is -0.0633. The van der Waals surface area contributed by atoms with Crippen LogP contribution in [0.5, 0.6) is 0 Å². The first kappa shape index (κ1) is 18.3. The number of hydrogen-bond acceptors (Lipinski definition) is 8. The van der Waals surface area contributed by atoms with Gasteiger partial charge in [-0.05, 0) is 5.56 Å². The average Bonchev–Trinajstić information content (AvgIpc) is 3.25. The quantitative estimate of drug-likeness (QED) is 0.455. The van der Waals surface area contributed by atoms with Gasteiger partial charge < -0.3 is 26.0 Å². The third-order valence-corrected chi connectivity index (χ3v) is 4.75. The van der Waals surface area contributed by atoms with E-state index in [1.165, 1.54) is 12.7 Å². The number of hydrogen-bond donors (Lipinski definition) is 4. The smallest absolute Gasteiger partial charge is 0.224 e. The Balaban J connectivity index is 1.61. The van der Waals surface area contributed by atoms with Crippen molar-refractivity contribution >= 4 is 22.9 Å². The SMILES string of the molecule is Nc1ncnc2c1ncn2[C@@H]1O[C@H](CO)[C@@H](O)[C@H]1NC(=O)Cc1ccccc1. The number of aliphatic hydroxyl groups excluding tert-OH is 2. The molecule has 5 N–H and O–H groups in total. The number of ether oxygens (including phenoxy) is 1. The summed E-state index contributed by atoms with van der Waals surface area (Å²) in [5.41, 5.74) is 7.47. The van der Waals surface area contributed by atoms with Crippen molar-refractivity contribution in [3.05, 3.63) is 48.5 Å². The van der Waals surface area contributed by atoms with Gasteiger partial charge in [0.05, 0.1) is 19.4 Å². The molecule has 1 aliphatic rings. The number of carbonyl (C=O) groups excluding carboxylic acids is 1. The molecule has 10 nitrogen and oxygen atoms in total. The van der Waals surface area contributed by atoms with Crippen LogP contribution in [0.15, 0.2) is 43.0 Å². The zero-order chi connectivity index (χ0) is 19.7. The van der Waals surface area contributed by atoms with Crippen molar-refractivity contribution in [1.82, 2.24) is 24.8 Å². The van der Waals surface area contributed by atoms with Crippen molar-refractivity contribution in [2.24, 2.45) is 0 Å². The second-order valence-corrected chi connectivity index (χ2v) is 6.58. The Morgan fingerprint density at radius 1 is 1.25 bits per heavy atom. The zero-order valence-corrected chi connectivity index (χ0v) is 14.8. The molecule has 4 atom stereocenters. The summed E-state index contributed by atoms with van der Waals surface area (Å²) < 4.78 is 7.36. The summed E-state index contributed by atoms with van der Waals surface area (Å²) in [7, 11) is 0. The van der Waals surface area contributed by atoms with Gasteiger partial charge in [-0.25, -0.2) is 15.0 Å². The summed E-state index contributed by atoms with van der Waals surface area (Å²) in [5, 5.41) is 22.9. The van der Waals surface area contributed by atoms with E-state index in [1.54, 1.807) is 4.57 Å². The van der Waals surface area contributed by atoms with Crippen LogP contribution in [0, 0.1) is 0 Å². The first-order valence-corrected chi connectivity index (χ1v) is 8.79. The number of carbonyl (C=O) groups is 1. The third kappa shape index (κ3) is 3.28. The second-order valence-electron chi connectivity index (χ2n) is 6.58. The maximum absolute atomic E-state index is 12.5. The number of rotatable bonds is 5. The Kier molecular flexibility index (Phi) is 4.90. The van der Waals surface area contributed by atoms with Gasteiger partial charge in [0.1, 0.15) is 30.1 Å². The molecule has 1 aliphatic heterocycles. The number of nitrogens with zero attached hydrogens (tertiary/aromatic N) is 4. The van der Waals surface area contributed by atoms with Crippen molar-refractivity contribution < 1.29 is 19.7 Å². The number of amides is 1. The number of anilines is 1. The van der Waals surface area contributed by atoms with Gasteiger partial charge >= 0.3 is 0 Å². The highest BCUT2D eigenvalue weighted by Crippen LogP contribution is 2.32. The van der Waals surface area contributed by atoms with Gasteiger partial charge in [0.15, 0.2) is 17.7 Å². The second kappa shape index (κ2) is 7.50. The highest BCUT2D eigenvalue weighted by molar-refractivity contribution is 5.81. The van der Waals surface area contributed by atoms with Gasteiger partial charge in [0.25, 0.3) is 0 Å². The highest BCUT2D eigenvalue weighted by Gasteiger charge is 2.45. The van der Waals surface area contributed by atoms with Crippen LogP contribution in [0.1, 0.15) is 11.8 Å². The van der Waals surface area contributed by atoms with E-state index in [1.807, 2.05) is 30.3 Å². The van der Waals surface area contributed by atoms with E-state index < -0.39 is 31.1 Å². The van der Waals surface area contributed by atoms with Gasteiger partial charge in [0, 0.05) is 0 Å². The molecule has 0 spiro atoms. The molecule has 3 aromatic rings. The number of nitrogens with one attached hydrogen (secondary N) is 1. The van der Waals surface area contributed by atoms with Crippen LogP contribution in [0.2, 0.25) is 0 Å². The Bertz CT molecular complexity index is 979. The minimum atomic E-state index is -1.11. The van der Waals surface area contributed by atoms with Crippen molar-refractivity contribution in [3.8, 4) is 0 Å². The van der Waals surface area contributed by atoms with Gasteiger partial charge in [0.2, 0.25) is 5.91 Å². The molecule has 28 heavy (non-hydrogen) atoms. The number of benzene rings is 1. The number of aliphatic hydroxyl groups is 2. The number of nitrogen functional groups attached to an aromatic ring is 1. The molecule has 0 bridgehead atoms. The lowest BCUT2D eigenvalue weighted by Crippen LogP contribution is -2.47. The van der Waals surface area contributed by atoms with E-state index in [4.69, 9.17) is 10.5 Å². The number of imidazole rings is 1. The first-order chi connectivity index (χ1) is 13.6. The van der Waals surface area contributed by atoms with Crippen molar-refractivity contribution in [2.75, 3.05) is 12.3 Å². The van der Waals surface area contributed by atoms with Crippen LogP contribution in [0.25, 0.3) is 11.2 Å². The molecule has 4 rings (SSSR count). The van der Waals surface area contributed by atoms with Crippen LogP contribution < -0.4 is 11.1 Å². The van der Waals surface area contributed by atoms with E-state index in [9.17, 15) is 15.0 Å². The molecule has 146 valence electrons.